The molecule has 0 aromatic heterocycles. The Bertz CT molecular complexity index is 747. The van der Waals surface area contributed by atoms with Gasteiger partial charge in [0.05, 0.1) is 27.8 Å². The first kappa shape index (κ1) is 24.7. The number of hydrogen-bond donors (Lipinski definition) is 2. The number of hydroxylamine groups is 2. The quantitative estimate of drug-likeness (QED) is 0.320. The standard InChI is InChI=1S/C25H38N2O2S/c1-5-6-7-14-19-23(27(28)20-21-15-10-8-11-16-21)24(22-17-12-9-13-18-22)26-30(29)25(2,3)4/h8-13,15-18,23-24,26,28H,5-7,14,19-20H2,1-4H3/t23-,24-,30?/m1/s1. The van der Waals surface area contributed by atoms with Gasteiger partial charge in [-0.25, -0.2) is 8.93 Å². The zero-order chi connectivity index (χ0) is 22.0. The molecule has 5 heteroatoms. The molecule has 0 fully saturated rings. The first-order valence-corrected chi connectivity index (χ1v) is 12.2. The lowest BCUT2D eigenvalue weighted by atomic mass is 9.94. The van der Waals surface area contributed by atoms with E-state index in [9.17, 15) is 9.42 Å². The van der Waals surface area contributed by atoms with Crippen molar-refractivity contribution in [3.05, 3.63) is 71.8 Å². The van der Waals surface area contributed by atoms with Gasteiger partial charge in [0.15, 0.2) is 0 Å². The fraction of sp³-hybridized carbons (Fsp3) is 0.520. The van der Waals surface area contributed by atoms with Crippen molar-refractivity contribution in [2.24, 2.45) is 0 Å². The van der Waals surface area contributed by atoms with Crippen molar-refractivity contribution in [3.63, 3.8) is 0 Å². The van der Waals surface area contributed by atoms with Crippen LogP contribution in [0.1, 0.15) is 77.0 Å². The minimum Gasteiger partial charge on any atom is -0.313 e. The van der Waals surface area contributed by atoms with Crippen LogP contribution in [-0.4, -0.2) is 25.3 Å². The van der Waals surface area contributed by atoms with Crippen LogP contribution < -0.4 is 4.72 Å². The molecule has 0 radical (unpaired) electrons. The van der Waals surface area contributed by atoms with Crippen molar-refractivity contribution >= 4 is 11.0 Å². The summed E-state index contributed by atoms with van der Waals surface area (Å²) in [6.45, 7) is 8.54. The third kappa shape index (κ3) is 7.95. The van der Waals surface area contributed by atoms with Gasteiger partial charge in [-0.1, -0.05) is 93.3 Å². The average molecular weight is 431 g/mol. The zero-order valence-electron chi connectivity index (χ0n) is 18.9. The minimum atomic E-state index is -1.25. The van der Waals surface area contributed by atoms with Crippen LogP contribution in [0.2, 0.25) is 0 Å². The van der Waals surface area contributed by atoms with E-state index in [0.29, 0.717) is 6.54 Å². The Hall–Kier alpha value is -1.53. The van der Waals surface area contributed by atoms with E-state index in [-0.39, 0.29) is 16.8 Å². The van der Waals surface area contributed by atoms with Crippen molar-refractivity contribution in [2.75, 3.05) is 0 Å². The molecule has 2 rings (SSSR count). The molecule has 3 atom stereocenters. The molecule has 30 heavy (non-hydrogen) atoms. The van der Waals surface area contributed by atoms with E-state index < -0.39 is 11.0 Å². The van der Waals surface area contributed by atoms with Gasteiger partial charge in [0.25, 0.3) is 0 Å². The van der Waals surface area contributed by atoms with Crippen LogP contribution in [0.4, 0.5) is 0 Å². The van der Waals surface area contributed by atoms with Crippen LogP contribution in [0.25, 0.3) is 0 Å². The number of hydrogen-bond acceptors (Lipinski definition) is 3. The van der Waals surface area contributed by atoms with Crippen LogP contribution in [0.5, 0.6) is 0 Å². The molecular weight excluding hydrogens is 392 g/mol. The molecule has 0 aliphatic rings. The van der Waals surface area contributed by atoms with E-state index in [4.69, 9.17) is 0 Å². The normalized spacial score (nSPS) is 15.1. The molecule has 166 valence electrons. The van der Waals surface area contributed by atoms with E-state index in [1.165, 1.54) is 17.9 Å². The summed E-state index contributed by atoms with van der Waals surface area (Å²) in [5.41, 5.74) is 2.10. The number of unbranched alkanes of at least 4 members (excludes halogenated alkanes) is 3. The molecule has 4 nitrogen and oxygen atoms in total. The predicted molar refractivity (Wildman–Crippen MR) is 127 cm³/mol. The minimum absolute atomic E-state index is 0.184. The van der Waals surface area contributed by atoms with Gasteiger partial charge in [-0.3, -0.25) is 0 Å². The third-order valence-corrected chi connectivity index (χ3v) is 6.84. The highest BCUT2D eigenvalue weighted by Crippen LogP contribution is 2.28. The second-order valence-electron chi connectivity index (χ2n) is 8.89. The van der Waals surface area contributed by atoms with Gasteiger partial charge in [0.2, 0.25) is 0 Å². The van der Waals surface area contributed by atoms with Gasteiger partial charge in [0.1, 0.15) is 0 Å². The van der Waals surface area contributed by atoms with E-state index in [1.807, 2.05) is 81.4 Å². The molecule has 0 heterocycles. The monoisotopic (exact) mass is 430 g/mol. The van der Waals surface area contributed by atoms with Crippen molar-refractivity contribution < 1.29 is 9.42 Å². The molecule has 0 amide bonds. The topological polar surface area (TPSA) is 52.6 Å². The summed E-state index contributed by atoms with van der Waals surface area (Å²) in [5.74, 6) is 0. The van der Waals surface area contributed by atoms with E-state index in [2.05, 4.69) is 11.6 Å². The van der Waals surface area contributed by atoms with E-state index in [0.717, 1.165) is 30.4 Å². The lowest BCUT2D eigenvalue weighted by Crippen LogP contribution is -2.46. The van der Waals surface area contributed by atoms with Crippen LogP contribution in [0.3, 0.4) is 0 Å². The molecule has 0 saturated heterocycles. The van der Waals surface area contributed by atoms with Gasteiger partial charge in [0, 0.05) is 6.54 Å². The van der Waals surface area contributed by atoms with Crippen molar-refractivity contribution in [1.29, 1.82) is 0 Å². The summed E-state index contributed by atoms with van der Waals surface area (Å²) >= 11 is 0. The SMILES string of the molecule is CCCCCC[C@H]([C@H](NS(=O)C(C)(C)C)c1ccccc1)N(O)Cc1ccccc1. The summed E-state index contributed by atoms with van der Waals surface area (Å²) in [5, 5.41) is 12.6. The third-order valence-electron chi connectivity index (χ3n) is 5.26. The van der Waals surface area contributed by atoms with Gasteiger partial charge in [-0.15, -0.1) is 0 Å². The maximum Gasteiger partial charge on any atom is 0.0976 e. The molecular formula is C25H38N2O2S. The predicted octanol–water partition coefficient (Wildman–Crippen LogP) is 6.01. The summed E-state index contributed by atoms with van der Waals surface area (Å²) in [4.78, 5) is 0. The Morgan fingerprint density at radius 1 is 0.967 bits per heavy atom. The van der Waals surface area contributed by atoms with Gasteiger partial charge in [-0.05, 0) is 38.3 Å². The highest BCUT2D eigenvalue weighted by atomic mass is 32.2. The maximum atomic E-state index is 13.0. The van der Waals surface area contributed by atoms with Crippen molar-refractivity contribution in [2.45, 2.75) is 83.2 Å². The van der Waals surface area contributed by atoms with Gasteiger partial charge in [-0.2, -0.15) is 5.06 Å². The molecule has 0 aliphatic carbocycles. The molecule has 2 N–H and O–H groups in total. The smallest absolute Gasteiger partial charge is 0.0976 e. The maximum absolute atomic E-state index is 13.0. The molecule has 2 aromatic rings. The van der Waals surface area contributed by atoms with E-state index >= 15 is 0 Å². The highest BCUT2D eigenvalue weighted by molar-refractivity contribution is 7.84. The first-order valence-electron chi connectivity index (χ1n) is 11.1. The Morgan fingerprint density at radius 3 is 2.13 bits per heavy atom. The number of nitrogens with zero attached hydrogens (tertiary/aromatic N) is 1. The number of nitrogens with one attached hydrogen (secondary N) is 1. The van der Waals surface area contributed by atoms with Crippen molar-refractivity contribution in [1.82, 2.24) is 9.79 Å². The Labute approximate surface area is 185 Å². The summed E-state index contributed by atoms with van der Waals surface area (Å²) in [6, 6.07) is 19.7. The summed E-state index contributed by atoms with van der Waals surface area (Å²) in [6.07, 6.45) is 5.35. The Balaban J connectivity index is 2.30. The van der Waals surface area contributed by atoms with Crippen LogP contribution >= 0.6 is 0 Å². The number of rotatable bonds is 12. The van der Waals surface area contributed by atoms with Gasteiger partial charge < -0.3 is 5.21 Å². The summed E-state index contributed by atoms with van der Waals surface area (Å²) < 4.78 is 16.0. The average Bonchev–Trinajstić information content (AvgIpc) is 2.73. The first-order chi connectivity index (χ1) is 14.3. The Kier molecular flexibility index (Phi) is 10.2. The summed E-state index contributed by atoms with van der Waals surface area (Å²) in [7, 11) is -1.25. The molecule has 1 unspecified atom stereocenters. The van der Waals surface area contributed by atoms with Crippen LogP contribution in [0.15, 0.2) is 60.7 Å². The fourth-order valence-electron chi connectivity index (χ4n) is 3.48. The molecule has 0 bridgehead atoms. The number of benzene rings is 2. The lowest BCUT2D eigenvalue weighted by molar-refractivity contribution is -0.145. The van der Waals surface area contributed by atoms with Crippen LogP contribution in [-0.2, 0) is 17.5 Å². The Morgan fingerprint density at radius 2 is 1.57 bits per heavy atom. The largest absolute Gasteiger partial charge is 0.313 e. The van der Waals surface area contributed by atoms with E-state index in [1.54, 1.807) is 0 Å². The molecule has 2 aromatic carbocycles. The zero-order valence-corrected chi connectivity index (χ0v) is 19.7. The molecule has 0 saturated carbocycles. The molecule has 0 aliphatic heterocycles. The van der Waals surface area contributed by atoms with Crippen LogP contribution in [0, 0.1) is 0 Å². The van der Waals surface area contributed by atoms with Crippen molar-refractivity contribution in [3.8, 4) is 0 Å². The van der Waals surface area contributed by atoms with Gasteiger partial charge >= 0.3 is 0 Å². The fourth-order valence-corrected chi connectivity index (χ4v) is 4.35. The lowest BCUT2D eigenvalue weighted by Gasteiger charge is -2.35. The highest BCUT2D eigenvalue weighted by Gasteiger charge is 2.32. The second kappa shape index (κ2) is 12.4. The second-order valence-corrected chi connectivity index (χ2v) is 10.9. The molecule has 0 spiro atoms.